The quantitative estimate of drug-likeness (QED) is 0.268. The molecule has 0 bridgehead atoms. The van der Waals surface area contributed by atoms with Crippen molar-refractivity contribution in [3.63, 3.8) is 0 Å². The van der Waals surface area contributed by atoms with Crippen LogP contribution in [0.15, 0.2) is 33.4 Å². The van der Waals surface area contributed by atoms with E-state index in [-0.39, 0.29) is 44.4 Å². The number of aromatic nitrogens is 3. The number of halogens is 4. The maximum absolute atomic E-state index is 13.9. The largest absolute Gasteiger partial charge is 0.463 e. The summed E-state index contributed by atoms with van der Waals surface area (Å²) in [5.41, 5.74) is -0.592. The number of nitrogens with zero attached hydrogens (tertiary/aromatic N) is 3. The summed E-state index contributed by atoms with van der Waals surface area (Å²) < 4.78 is 52.7. The summed E-state index contributed by atoms with van der Waals surface area (Å²) in [7, 11) is 0. The Hall–Kier alpha value is -3.19. The van der Waals surface area contributed by atoms with Crippen molar-refractivity contribution >= 4 is 49.8 Å². The average Bonchev–Trinajstić information content (AvgIpc) is 3.55. The second-order valence-electron chi connectivity index (χ2n) is 8.63. The highest BCUT2D eigenvalue weighted by Crippen LogP contribution is 2.41. The zero-order valence-corrected chi connectivity index (χ0v) is 22.0. The fourth-order valence-electron chi connectivity index (χ4n) is 4.31. The minimum Gasteiger partial charge on any atom is -0.463 e. The van der Waals surface area contributed by atoms with Crippen molar-refractivity contribution in [3.05, 3.63) is 56.3 Å². The van der Waals surface area contributed by atoms with Gasteiger partial charge in [-0.25, -0.2) is 14.3 Å². The van der Waals surface area contributed by atoms with Gasteiger partial charge in [0.25, 0.3) is 5.91 Å². The Morgan fingerprint density at radius 1 is 1.38 bits per heavy atom. The van der Waals surface area contributed by atoms with Crippen molar-refractivity contribution < 1.29 is 31.9 Å². The van der Waals surface area contributed by atoms with Crippen molar-refractivity contribution in [1.82, 2.24) is 14.6 Å². The fraction of sp³-hybridized carbons (Fsp3) is 0.333. The third kappa shape index (κ3) is 4.65. The monoisotopic (exact) mass is 596 g/mol. The molecule has 1 amide bonds. The maximum atomic E-state index is 13.9. The number of carbonyl (C=O) groups excluding carboxylic acids is 2. The first-order valence-electron chi connectivity index (χ1n) is 11.4. The molecule has 0 saturated heterocycles. The van der Waals surface area contributed by atoms with E-state index in [0.29, 0.717) is 16.9 Å². The third-order valence-electron chi connectivity index (χ3n) is 6.03. The van der Waals surface area contributed by atoms with Crippen molar-refractivity contribution in [1.29, 1.82) is 0 Å². The number of carbonyl (C=O) groups is 2. The predicted molar refractivity (Wildman–Crippen MR) is 133 cm³/mol. The number of alkyl halides is 3. The van der Waals surface area contributed by atoms with E-state index in [9.17, 15) is 22.8 Å². The van der Waals surface area contributed by atoms with Crippen LogP contribution in [0.4, 0.5) is 18.2 Å². The van der Waals surface area contributed by atoms with Crippen LogP contribution in [0.5, 0.6) is 0 Å². The molecule has 0 fully saturated rings. The molecule has 13 heteroatoms. The van der Waals surface area contributed by atoms with Gasteiger partial charge >= 0.3 is 12.1 Å². The average molecular weight is 597 g/mol. The van der Waals surface area contributed by atoms with Crippen LogP contribution in [0, 0.1) is 5.92 Å². The van der Waals surface area contributed by atoms with Gasteiger partial charge in [-0.1, -0.05) is 6.92 Å². The molecule has 1 aliphatic carbocycles. The molecule has 4 aromatic rings. The van der Waals surface area contributed by atoms with Crippen LogP contribution >= 0.6 is 27.3 Å². The standard InChI is InChI=1S/C24H20BrF3N4O4S/c1-3-35-23(34)17-12-7-6-11(2)9-15(12)37-22(17)30-21(33)19-18(25)20-29-13(14-5-4-8-36-14)10-16(24(26,27)28)32(20)31-19/h4-5,8,10-11H,3,6-7,9H2,1-2H3,(H,30,33)/t11-/m1/s1. The minimum absolute atomic E-state index is 0.0310. The van der Waals surface area contributed by atoms with Crippen LogP contribution in [-0.4, -0.2) is 33.1 Å². The highest BCUT2D eigenvalue weighted by molar-refractivity contribution is 9.10. The lowest BCUT2D eigenvalue weighted by atomic mass is 9.88. The number of rotatable bonds is 5. The number of amides is 1. The van der Waals surface area contributed by atoms with E-state index in [2.05, 4.69) is 38.3 Å². The van der Waals surface area contributed by atoms with Crippen LogP contribution in [0.2, 0.25) is 0 Å². The van der Waals surface area contributed by atoms with E-state index < -0.39 is 23.7 Å². The zero-order chi connectivity index (χ0) is 26.5. The Bertz CT molecular complexity index is 1510. The SMILES string of the molecule is CCOC(=O)c1c(NC(=O)c2nn3c(C(F)(F)F)cc(-c4ccco4)nc3c2Br)sc2c1CC[C@@H](C)C2. The lowest BCUT2D eigenvalue weighted by Crippen LogP contribution is -2.18. The number of fused-ring (bicyclic) bond motifs is 2. The Kier molecular flexibility index (Phi) is 6.61. The number of anilines is 1. The molecule has 0 aromatic carbocycles. The van der Waals surface area contributed by atoms with E-state index in [1.807, 2.05) is 0 Å². The highest BCUT2D eigenvalue weighted by atomic mass is 79.9. The van der Waals surface area contributed by atoms with E-state index >= 15 is 0 Å². The predicted octanol–water partition coefficient (Wildman–Crippen LogP) is 6.39. The molecular formula is C24H20BrF3N4O4S. The van der Waals surface area contributed by atoms with Crippen LogP contribution in [-0.2, 0) is 23.8 Å². The Labute approximate surface area is 221 Å². The summed E-state index contributed by atoms with van der Waals surface area (Å²) in [5.74, 6) is -0.789. The molecule has 1 atom stereocenters. The first kappa shape index (κ1) is 25.5. The Morgan fingerprint density at radius 2 is 2.16 bits per heavy atom. The summed E-state index contributed by atoms with van der Waals surface area (Å²) >= 11 is 4.48. The summed E-state index contributed by atoms with van der Waals surface area (Å²) in [6.45, 7) is 3.96. The van der Waals surface area contributed by atoms with E-state index in [4.69, 9.17) is 9.15 Å². The molecule has 4 heterocycles. The molecule has 0 spiro atoms. The van der Waals surface area contributed by atoms with Gasteiger partial charge in [0, 0.05) is 4.88 Å². The number of nitrogens with one attached hydrogen (secondary N) is 1. The highest BCUT2D eigenvalue weighted by Gasteiger charge is 2.37. The lowest BCUT2D eigenvalue weighted by molar-refractivity contribution is -0.142. The van der Waals surface area contributed by atoms with Crippen LogP contribution in [0.25, 0.3) is 17.1 Å². The Morgan fingerprint density at radius 3 is 2.84 bits per heavy atom. The molecule has 0 saturated carbocycles. The summed E-state index contributed by atoms with van der Waals surface area (Å²) in [6.07, 6.45) is -1.15. The van der Waals surface area contributed by atoms with Gasteiger partial charge in [-0.3, -0.25) is 4.79 Å². The Balaban J connectivity index is 1.58. The van der Waals surface area contributed by atoms with Gasteiger partial charge in [-0.05, 0) is 71.8 Å². The fourth-order valence-corrected chi connectivity index (χ4v) is 6.22. The molecule has 0 aliphatic heterocycles. The molecule has 0 radical (unpaired) electrons. The first-order valence-corrected chi connectivity index (χ1v) is 13.0. The molecular weight excluding hydrogens is 577 g/mol. The van der Waals surface area contributed by atoms with E-state index in [1.165, 1.54) is 29.7 Å². The number of hydrogen-bond acceptors (Lipinski definition) is 7. The van der Waals surface area contributed by atoms with Gasteiger partial charge in [0.1, 0.15) is 10.7 Å². The second-order valence-corrected chi connectivity index (χ2v) is 10.5. The molecule has 5 rings (SSSR count). The molecule has 4 aromatic heterocycles. The topological polar surface area (TPSA) is 98.7 Å². The second kappa shape index (κ2) is 9.60. The molecule has 0 unspecified atom stereocenters. The third-order valence-corrected chi connectivity index (χ3v) is 7.93. The molecule has 8 nitrogen and oxygen atoms in total. The molecule has 194 valence electrons. The first-order chi connectivity index (χ1) is 17.6. The number of esters is 1. The molecule has 1 aliphatic rings. The van der Waals surface area contributed by atoms with Gasteiger partial charge in [-0.15, -0.1) is 11.3 Å². The minimum atomic E-state index is -4.79. The summed E-state index contributed by atoms with van der Waals surface area (Å²) in [4.78, 5) is 31.3. The summed E-state index contributed by atoms with van der Waals surface area (Å²) in [5, 5.41) is 6.90. The van der Waals surface area contributed by atoms with Crippen LogP contribution in [0.3, 0.4) is 0 Å². The molecule has 1 N–H and O–H groups in total. The van der Waals surface area contributed by atoms with Crippen molar-refractivity contribution in [2.45, 2.75) is 39.3 Å². The van der Waals surface area contributed by atoms with Crippen molar-refractivity contribution in [2.75, 3.05) is 11.9 Å². The number of hydrogen-bond donors (Lipinski definition) is 1. The number of ether oxygens (including phenoxy) is 1. The normalized spacial score (nSPS) is 15.6. The van der Waals surface area contributed by atoms with Gasteiger partial charge < -0.3 is 14.5 Å². The summed E-state index contributed by atoms with van der Waals surface area (Å²) in [6, 6.07) is 3.81. The van der Waals surface area contributed by atoms with E-state index in [0.717, 1.165) is 29.3 Å². The maximum Gasteiger partial charge on any atom is 0.433 e. The van der Waals surface area contributed by atoms with Crippen LogP contribution in [0.1, 0.15) is 57.2 Å². The molecule has 37 heavy (non-hydrogen) atoms. The van der Waals surface area contributed by atoms with Crippen molar-refractivity contribution in [2.24, 2.45) is 5.92 Å². The smallest absolute Gasteiger partial charge is 0.433 e. The van der Waals surface area contributed by atoms with Gasteiger partial charge in [0.2, 0.25) is 0 Å². The number of furan rings is 1. The van der Waals surface area contributed by atoms with Gasteiger partial charge in [0.15, 0.2) is 22.8 Å². The number of thiophene rings is 1. The van der Waals surface area contributed by atoms with Crippen LogP contribution < -0.4 is 5.32 Å². The van der Waals surface area contributed by atoms with E-state index in [1.54, 1.807) is 6.92 Å². The van der Waals surface area contributed by atoms with Gasteiger partial charge in [-0.2, -0.15) is 18.3 Å². The van der Waals surface area contributed by atoms with Crippen molar-refractivity contribution in [3.8, 4) is 11.5 Å². The van der Waals surface area contributed by atoms with Gasteiger partial charge in [0.05, 0.1) is 22.9 Å². The zero-order valence-electron chi connectivity index (χ0n) is 19.6. The lowest BCUT2D eigenvalue weighted by Gasteiger charge is -2.18.